The molecule has 1 amide bonds. The number of nitrogens with zero attached hydrogens (tertiary/aromatic N) is 1. The van der Waals surface area contributed by atoms with Gasteiger partial charge in [0.25, 0.3) is 0 Å². The molecular weight excluding hydrogens is 230 g/mol. The van der Waals surface area contributed by atoms with Crippen LogP contribution in [0.5, 0.6) is 0 Å². The van der Waals surface area contributed by atoms with Gasteiger partial charge in [-0.15, -0.1) is 0 Å². The Kier molecular flexibility index (Phi) is 4.23. The van der Waals surface area contributed by atoms with E-state index < -0.39 is 0 Å². The van der Waals surface area contributed by atoms with Gasteiger partial charge in [-0.1, -0.05) is 28.8 Å². The molecule has 1 aliphatic rings. The van der Waals surface area contributed by atoms with E-state index >= 15 is 0 Å². The number of hydrogen-bond donors (Lipinski definition) is 0. The van der Waals surface area contributed by atoms with E-state index in [1.807, 2.05) is 11.8 Å². The summed E-state index contributed by atoms with van der Waals surface area (Å²) in [4.78, 5) is 13.7. The first-order valence-corrected chi connectivity index (χ1v) is 6.03. The maximum absolute atomic E-state index is 11.7. The lowest BCUT2D eigenvalue weighted by Gasteiger charge is -2.28. The number of halogens is 1. The van der Waals surface area contributed by atoms with Crippen LogP contribution in [-0.2, 0) is 4.79 Å². The summed E-state index contributed by atoms with van der Waals surface area (Å²) in [6.07, 6.45) is 4.95. The average Bonchev–Trinajstić information content (AvgIpc) is 2.58. The van der Waals surface area contributed by atoms with E-state index in [2.05, 4.69) is 22.9 Å². The molecule has 0 bridgehead atoms. The molecule has 1 atom stereocenters. The van der Waals surface area contributed by atoms with E-state index in [1.165, 1.54) is 25.7 Å². The van der Waals surface area contributed by atoms with Crippen molar-refractivity contribution in [1.82, 2.24) is 4.90 Å². The van der Waals surface area contributed by atoms with Crippen LogP contribution >= 0.6 is 15.9 Å². The molecule has 76 valence electrons. The second-order valence-electron chi connectivity index (χ2n) is 3.68. The molecule has 0 aromatic carbocycles. The van der Waals surface area contributed by atoms with Crippen molar-refractivity contribution >= 4 is 21.8 Å². The molecule has 1 rings (SSSR count). The van der Waals surface area contributed by atoms with E-state index in [-0.39, 0.29) is 10.7 Å². The highest BCUT2D eigenvalue weighted by Gasteiger charge is 2.26. The molecule has 0 heterocycles. The number of hydrogen-bond acceptors (Lipinski definition) is 1. The molecule has 0 aliphatic heterocycles. The van der Waals surface area contributed by atoms with Gasteiger partial charge in [0.15, 0.2) is 0 Å². The summed E-state index contributed by atoms with van der Waals surface area (Å²) in [5.74, 6) is 0.245. The van der Waals surface area contributed by atoms with Crippen LogP contribution in [0.4, 0.5) is 0 Å². The zero-order valence-corrected chi connectivity index (χ0v) is 10.0. The Balaban J connectivity index is 2.55. The SMILES string of the molecule is CCN(C(=O)C(C)Br)C1CCCC1. The highest BCUT2D eigenvalue weighted by atomic mass is 79.9. The van der Waals surface area contributed by atoms with Crippen LogP contribution in [0.1, 0.15) is 39.5 Å². The molecule has 1 saturated carbocycles. The van der Waals surface area contributed by atoms with Crippen molar-refractivity contribution in [3.05, 3.63) is 0 Å². The van der Waals surface area contributed by atoms with Gasteiger partial charge in [-0.3, -0.25) is 4.79 Å². The van der Waals surface area contributed by atoms with Crippen LogP contribution in [0.25, 0.3) is 0 Å². The van der Waals surface area contributed by atoms with Gasteiger partial charge in [0.2, 0.25) is 5.91 Å². The van der Waals surface area contributed by atoms with Gasteiger partial charge >= 0.3 is 0 Å². The summed E-state index contributed by atoms with van der Waals surface area (Å²) < 4.78 is 0. The third kappa shape index (κ3) is 2.70. The van der Waals surface area contributed by atoms with Crippen molar-refractivity contribution < 1.29 is 4.79 Å². The number of amides is 1. The Morgan fingerprint density at radius 2 is 2.08 bits per heavy atom. The lowest BCUT2D eigenvalue weighted by molar-refractivity contribution is -0.132. The molecule has 0 spiro atoms. The van der Waals surface area contributed by atoms with Crippen LogP contribution in [-0.4, -0.2) is 28.2 Å². The van der Waals surface area contributed by atoms with E-state index in [9.17, 15) is 4.79 Å². The van der Waals surface area contributed by atoms with Crippen molar-refractivity contribution in [3.63, 3.8) is 0 Å². The fourth-order valence-corrected chi connectivity index (χ4v) is 2.30. The third-order valence-corrected chi connectivity index (χ3v) is 3.12. The zero-order chi connectivity index (χ0) is 9.84. The number of carbonyl (C=O) groups is 1. The van der Waals surface area contributed by atoms with Crippen molar-refractivity contribution in [1.29, 1.82) is 0 Å². The molecule has 0 aromatic heterocycles. The predicted octanol–water partition coefficient (Wildman–Crippen LogP) is 2.56. The minimum Gasteiger partial charge on any atom is -0.339 e. The van der Waals surface area contributed by atoms with Crippen molar-refractivity contribution in [2.24, 2.45) is 0 Å². The molecule has 3 heteroatoms. The average molecular weight is 248 g/mol. The van der Waals surface area contributed by atoms with Gasteiger partial charge in [0, 0.05) is 12.6 Å². The van der Waals surface area contributed by atoms with Crippen molar-refractivity contribution in [2.45, 2.75) is 50.4 Å². The summed E-state index contributed by atoms with van der Waals surface area (Å²) in [6, 6.07) is 0.512. The van der Waals surface area contributed by atoms with Crippen LogP contribution in [0, 0.1) is 0 Å². The topological polar surface area (TPSA) is 20.3 Å². The van der Waals surface area contributed by atoms with Crippen LogP contribution in [0.3, 0.4) is 0 Å². The lowest BCUT2D eigenvalue weighted by Crippen LogP contribution is -2.41. The Labute approximate surface area is 88.8 Å². The fourth-order valence-electron chi connectivity index (χ4n) is 2.04. The minimum absolute atomic E-state index is 0.0342. The van der Waals surface area contributed by atoms with E-state index in [0.717, 1.165) is 6.54 Å². The van der Waals surface area contributed by atoms with Crippen LogP contribution < -0.4 is 0 Å². The Hall–Kier alpha value is -0.0500. The standard InChI is InChI=1S/C10H18BrNO/c1-3-12(10(13)8(2)11)9-6-4-5-7-9/h8-9H,3-7H2,1-2H3. The van der Waals surface area contributed by atoms with Gasteiger partial charge < -0.3 is 4.90 Å². The van der Waals surface area contributed by atoms with Crippen LogP contribution in [0.2, 0.25) is 0 Å². The minimum atomic E-state index is -0.0342. The molecule has 0 saturated heterocycles. The van der Waals surface area contributed by atoms with E-state index in [1.54, 1.807) is 0 Å². The number of alkyl halides is 1. The quantitative estimate of drug-likeness (QED) is 0.703. The molecule has 13 heavy (non-hydrogen) atoms. The molecule has 1 aliphatic carbocycles. The third-order valence-electron chi connectivity index (χ3n) is 2.73. The summed E-state index contributed by atoms with van der Waals surface area (Å²) in [5.41, 5.74) is 0. The highest BCUT2D eigenvalue weighted by Crippen LogP contribution is 2.24. The largest absolute Gasteiger partial charge is 0.339 e. The fraction of sp³-hybridized carbons (Fsp3) is 0.900. The first-order valence-electron chi connectivity index (χ1n) is 5.11. The predicted molar refractivity (Wildman–Crippen MR) is 58.0 cm³/mol. The molecule has 0 aromatic rings. The van der Waals surface area contributed by atoms with Gasteiger partial charge in [-0.05, 0) is 26.7 Å². The Morgan fingerprint density at radius 1 is 1.54 bits per heavy atom. The van der Waals surface area contributed by atoms with Crippen LogP contribution in [0.15, 0.2) is 0 Å². The van der Waals surface area contributed by atoms with E-state index in [0.29, 0.717) is 6.04 Å². The van der Waals surface area contributed by atoms with Gasteiger partial charge in [0.05, 0.1) is 4.83 Å². The number of rotatable bonds is 3. The molecule has 2 nitrogen and oxygen atoms in total. The second-order valence-corrected chi connectivity index (χ2v) is 5.05. The highest BCUT2D eigenvalue weighted by molar-refractivity contribution is 9.10. The monoisotopic (exact) mass is 247 g/mol. The first kappa shape index (κ1) is 11.0. The maximum Gasteiger partial charge on any atom is 0.236 e. The first-order chi connectivity index (χ1) is 6.16. The van der Waals surface area contributed by atoms with Gasteiger partial charge in [-0.25, -0.2) is 0 Å². The van der Waals surface area contributed by atoms with Gasteiger partial charge in [-0.2, -0.15) is 0 Å². The smallest absolute Gasteiger partial charge is 0.236 e. The summed E-state index contributed by atoms with van der Waals surface area (Å²) in [7, 11) is 0. The normalized spacial score (nSPS) is 20.2. The molecular formula is C10H18BrNO. The summed E-state index contributed by atoms with van der Waals surface area (Å²) in [6.45, 7) is 4.81. The maximum atomic E-state index is 11.7. The van der Waals surface area contributed by atoms with Crippen molar-refractivity contribution in [3.8, 4) is 0 Å². The van der Waals surface area contributed by atoms with Crippen molar-refractivity contribution in [2.75, 3.05) is 6.54 Å². The Bertz CT molecular complexity index is 176. The summed E-state index contributed by atoms with van der Waals surface area (Å²) >= 11 is 3.34. The molecule has 1 unspecified atom stereocenters. The second kappa shape index (κ2) is 4.99. The zero-order valence-electron chi connectivity index (χ0n) is 8.42. The Morgan fingerprint density at radius 3 is 2.46 bits per heavy atom. The molecule has 0 N–H and O–H groups in total. The summed E-state index contributed by atoms with van der Waals surface area (Å²) in [5, 5.41) is 0. The van der Waals surface area contributed by atoms with Gasteiger partial charge in [0.1, 0.15) is 0 Å². The number of carbonyl (C=O) groups excluding carboxylic acids is 1. The lowest BCUT2D eigenvalue weighted by atomic mass is 10.2. The molecule has 1 fully saturated rings. The molecule has 0 radical (unpaired) electrons. The van der Waals surface area contributed by atoms with E-state index in [4.69, 9.17) is 0 Å².